The van der Waals surface area contributed by atoms with Crippen LogP contribution in [0.3, 0.4) is 0 Å². The molecule has 3 atom stereocenters. The molecule has 0 spiro atoms. The maximum Gasteiger partial charge on any atom is 0.240 e. The zero-order chi connectivity index (χ0) is 17.2. The monoisotopic (exact) mass is 360 g/mol. The standard InChI is InChI=1S/C19H24N2O3S/c22-19(13-3-4-13)21-8-7-15-11-16(5-6-18(15)21)25(23,24)20-17-10-12-1-2-14(17)9-12/h5-6,11-14,17,20H,1-4,7-10H2/t12-,14-,17-/m1/s1. The molecule has 0 unspecified atom stereocenters. The third-order valence-corrected chi connectivity index (χ3v) is 7.98. The number of carbonyl (C=O) groups is 1. The van der Waals surface area contributed by atoms with Crippen LogP contribution in [-0.4, -0.2) is 26.9 Å². The Bertz CT molecular complexity index is 831. The molecule has 0 aromatic heterocycles. The number of hydrogen-bond acceptors (Lipinski definition) is 3. The van der Waals surface area contributed by atoms with Gasteiger partial charge in [-0.15, -0.1) is 0 Å². The van der Waals surface area contributed by atoms with Crippen LogP contribution in [0.4, 0.5) is 5.69 Å². The van der Waals surface area contributed by atoms with Crippen molar-refractivity contribution in [2.75, 3.05) is 11.4 Å². The first-order valence-corrected chi connectivity index (χ1v) is 11.0. The third kappa shape index (κ3) is 2.70. The number of nitrogens with one attached hydrogen (secondary N) is 1. The van der Waals surface area contributed by atoms with Gasteiger partial charge in [0.15, 0.2) is 0 Å². The summed E-state index contributed by atoms with van der Waals surface area (Å²) < 4.78 is 28.6. The van der Waals surface area contributed by atoms with Crippen molar-refractivity contribution in [3.63, 3.8) is 0 Å². The van der Waals surface area contributed by atoms with Crippen molar-refractivity contribution >= 4 is 21.6 Å². The molecule has 3 aliphatic carbocycles. The molecule has 5 rings (SSSR count). The highest BCUT2D eigenvalue weighted by atomic mass is 32.2. The smallest absolute Gasteiger partial charge is 0.240 e. The van der Waals surface area contributed by atoms with Crippen LogP contribution in [0.1, 0.15) is 44.1 Å². The molecule has 1 amide bonds. The van der Waals surface area contributed by atoms with Crippen molar-refractivity contribution in [1.82, 2.24) is 4.72 Å². The van der Waals surface area contributed by atoms with E-state index in [4.69, 9.17) is 0 Å². The Balaban J connectivity index is 1.37. The molecule has 3 saturated carbocycles. The number of anilines is 1. The SMILES string of the molecule is O=C(C1CC1)N1CCc2cc(S(=O)(=O)N[C@@H]3C[C@@H]4CC[C@@H]3C4)ccc21. The van der Waals surface area contributed by atoms with Gasteiger partial charge in [-0.1, -0.05) is 6.42 Å². The molecule has 1 heterocycles. The fourth-order valence-electron chi connectivity index (χ4n) is 4.98. The van der Waals surface area contributed by atoms with E-state index in [1.807, 2.05) is 11.0 Å². The summed E-state index contributed by atoms with van der Waals surface area (Å²) in [6.07, 6.45) is 7.29. The van der Waals surface area contributed by atoms with Crippen LogP contribution >= 0.6 is 0 Å². The maximum atomic E-state index is 12.8. The highest BCUT2D eigenvalue weighted by Crippen LogP contribution is 2.45. The number of hydrogen-bond donors (Lipinski definition) is 1. The molecule has 25 heavy (non-hydrogen) atoms. The van der Waals surface area contributed by atoms with E-state index in [0.29, 0.717) is 23.3 Å². The number of sulfonamides is 1. The Labute approximate surface area is 148 Å². The highest BCUT2D eigenvalue weighted by Gasteiger charge is 2.41. The molecule has 0 saturated heterocycles. The summed E-state index contributed by atoms with van der Waals surface area (Å²) in [4.78, 5) is 14.5. The molecule has 3 fully saturated rings. The van der Waals surface area contributed by atoms with Crippen LogP contribution < -0.4 is 9.62 Å². The van der Waals surface area contributed by atoms with E-state index in [-0.39, 0.29) is 17.9 Å². The van der Waals surface area contributed by atoms with Crippen molar-refractivity contribution in [3.8, 4) is 0 Å². The number of carbonyl (C=O) groups excluding carboxylic acids is 1. The van der Waals surface area contributed by atoms with E-state index in [2.05, 4.69) is 4.72 Å². The lowest BCUT2D eigenvalue weighted by atomic mass is 9.96. The lowest BCUT2D eigenvalue weighted by Gasteiger charge is -2.23. The number of fused-ring (bicyclic) bond motifs is 3. The van der Waals surface area contributed by atoms with Crippen LogP contribution in [0.15, 0.2) is 23.1 Å². The molecule has 1 aromatic carbocycles. The van der Waals surface area contributed by atoms with Crippen molar-refractivity contribution in [3.05, 3.63) is 23.8 Å². The van der Waals surface area contributed by atoms with Crippen LogP contribution in [0.5, 0.6) is 0 Å². The van der Waals surface area contributed by atoms with Crippen molar-refractivity contribution in [2.24, 2.45) is 17.8 Å². The Morgan fingerprint density at radius 1 is 1.12 bits per heavy atom. The lowest BCUT2D eigenvalue weighted by Crippen LogP contribution is -2.38. The van der Waals surface area contributed by atoms with Gasteiger partial charge in [-0.25, -0.2) is 13.1 Å². The van der Waals surface area contributed by atoms with E-state index in [9.17, 15) is 13.2 Å². The summed E-state index contributed by atoms with van der Waals surface area (Å²) >= 11 is 0. The van der Waals surface area contributed by atoms with E-state index in [0.717, 1.165) is 43.4 Å². The Morgan fingerprint density at radius 3 is 2.64 bits per heavy atom. The van der Waals surface area contributed by atoms with Gasteiger partial charge in [0.05, 0.1) is 4.90 Å². The summed E-state index contributed by atoms with van der Waals surface area (Å²) in [6, 6.07) is 5.35. The van der Waals surface area contributed by atoms with Gasteiger partial charge in [-0.05, 0) is 74.1 Å². The minimum absolute atomic E-state index is 0.102. The average Bonchev–Trinajstić information content (AvgIpc) is 3.03. The number of amides is 1. The zero-order valence-electron chi connectivity index (χ0n) is 14.3. The minimum Gasteiger partial charge on any atom is -0.312 e. The van der Waals surface area contributed by atoms with Crippen LogP contribution in [0.2, 0.25) is 0 Å². The van der Waals surface area contributed by atoms with Crippen molar-refractivity contribution in [1.29, 1.82) is 0 Å². The second-order valence-electron chi connectivity index (χ2n) is 8.21. The summed E-state index contributed by atoms with van der Waals surface area (Å²) in [5.74, 6) is 1.61. The predicted molar refractivity (Wildman–Crippen MR) is 94.8 cm³/mol. The Morgan fingerprint density at radius 2 is 1.96 bits per heavy atom. The minimum atomic E-state index is -3.48. The third-order valence-electron chi connectivity index (χ3n) is 6.49. The first-order chi connectivity index (χ1) is 12.0. The largest absolute Gasteiger partial charge is 0.312 e. The maximum absolute atomic E-state index is 12.8. The van der Waals surface area contributed by atoms with Crippen LogP contribution in [0.25, 0.3) is 0 Å². The first kappa shape index (κ1) is 15.8. The van der Waals surface area contributed by atoms with Gasteiger partial charge >= 0.3 is 0 Å². The van der Waals surface area contributed by atoms with Gasteiger partial charge in [-0.2, -0.15) is 0 Å². The van der Waals surface area contributed by atoms with E-state index in [1.165, 1.54) is 12.8 Å². The van der Waals surface area contributed by atoms with Gasteiger partial charge in [0.1, 0.15) is 0 Å². The molecular formula is C19H24N2O3S. The van der Waals surface area contributed by atoms with Gasteiger partial charge in [0.2, 0.25) is 15.9 Å². The number of rotatable bonds is 4. The molecule has 1 aromatic rings. The van der Waals surface area contributed by atoms with Crippen LogP contribution in [0, 0.1) is 17.8 Å². The van der Waals surface area contributed by atoms with Gasteiger partial charge in [-0.3, -0.25) is 4.79 Å². The molecule has 1 aliphatic heterocycles. The van der Waals surface area contributed by atoms with Gasteiger partial charge < -0.3 is 4.90 Å². The molecule has 5 nitrogen and oxygen atoms in total. The summed E-state index contributed by atoms with van der Waals surface area (Å²) in [5.41, 5.74) is 1.88. The molecule has 6 heteroatoms. The summed E-state index contributed by atoms with van der Waals surface area (Å²) in [6.45, 7) is 0.675. The molecule has 2 bridgehead atoms. The second kappa shape index (κ2) is 5.55. The van der Waals surface area contributed by atoms with Gasteiger partial charge in [0.25, 0.3) is 0 Å². The molecule has 4 aliphatic rings. The van der Waals surface area contributed by atoms with Crippen molar-refractivity contribution < 1.29 is 13.2 Å². The molecular weight excluding hydrogens is 336 g/mol. The van der Waals surface area contributed by atoms with Crippen LogP contribution in [-0.2, 0) is 21.2 Å². The van der Waals surface area contributed by atoms with Gasteiger partial charge in [0, 0.05) is 24.2 Å². The Kier molecular flexibility index (Phi) is 3.51. The normalized spacial score (nSPS) is 30.7. The topological polar surface area (TPSA) is 66.5 Å². The predicted octanol–water partition coefficient (Wildman–Crippen LogP) is 2.45. The number of benzene rings is 1. The van der Waals surface area contributed by atoms with E-state index >= 15 is 0 Å². The Hall–Kier alpha value is -1.40. The highest BCUT2D eigenvalue weighted by molar-refractivity contribution is 7.89. The number of nitrogens with zero attached hydrogens (tertiary/aromatic N) is 1. The van der Waals surface area contributed by atoms with E-state index in [1.54, 1.807) is 12.1 Å². The fraction of sp³-hybridized carbons (Fsp3) is 0.632. The molecule has 0 radical (unpaired) electrons. The summed E-state index contributed by atoms with van der Waals surface area (Å²) in [5, 5.41) is 0. The average molecular weight is 360 g/mol. The van der Waals surface area contributed by atoms with E-state index < -0.39 is 10.0 Å². The second-order valence-corrected chi connectivity index (χ2v) is 9.92. The zero-order valence-corrected chi connectivity index (χ0v) is 15.1. The molecule has 1 N–H and O–H groups in total. The quantitative estimate of drug-likeness (QED) is 0.897. The fourth-order valence-corrected chi connectivity index (χ4v) is 6.35. The first-order valence-electron chi connectivity index (χ1n) is 9.48. The van der Waals surface area contributed by atoms with Crippen molar-refractivity contribution in [2.45, 2.75) is 55.9 Å². The molecule has 134 valence electrons. The summed E-state index contributed by atoms with van der Waals surface area (Å²) in [7, 11) is -3.48. The lowest BCUT2D eigenvalue weighted by molar-refractivity contribution is -0.119.